The van der Waals surface area contributed by atoms with Gasteiger partial charge in [-0.2, -0.15) is 0 Å². The third kappa shape index (κ3) is 5.00. The molecule has 1 heterocycles. The Hall–Kier alpha value is -0.800. The molecule has 15 heavy (non-hydrogen) atoms. The van der Waals surface area contributed by atoms with Crippen LogP contribution in [0.2, 0.25) is 0 Å². The number of rotatable bonds is 6. The van der Waals surface area contributed by atoms with E-state index in [1.54, 1.807) is 0 Å². The van der Waals surface area contributed by atoms with Gasteiger partial charge in [0.2, 0.25) is 0 Å². The molecule has 0 aliphatic heterocycles. The van der Waals surface area contributed by atoms with Crippen molar-refractivity contribution in [1.29, 1.82) is 0 Å². The highest BCUT2D eigenvalue weighted by atomic mass is 15.1. The van der Waals surface area contributed by atoms with E-state index in [4.69, 9.17) is 0 Å². The summed E-state index contributed by atoms with van der Waals surface area (Å²) in [4.78, 5) is 5.42. The molecule has 0 fully saturated rings. The minimum atomic E-state index is 0.316. The van der Waals surface area contributed by atoms with Gasteiger partial charge in [0.15, 0.2) is 0 Å². The van der Waals surface area contributed by atoms with Crippen LogP contribution < -0.4 is 5.32 Å². The van der Waals surface area contributed by atoms with Crippen LogP contribution in [0.5, 0.6) is 0 Å². The highest BCUT2D eigenvalue weighted by molar-refractivity contribution is 5.02. The topological polar surface area (TPSA) is 31.1 Å². The first-order valence-electron chi connectivity index (χ1n) is 5.47. The van der Waals surface area contributed by atoms with Crippen molar-refractivity contribution in [2.75, 3.05) is 27.2 Å². The summed E-state index contributed by atoms with van der Waals surface area (Å²) >= 11 is 0. The van der Waals surface area contributed by atoms with Gasteiger partial charge in [-0.05, 0) is 31.6 Å². The standard InChI is InChI=1S/C12H23N3/c1-12(2,10-15(3)4)9-13-8-11-6-5-7-14-11/h5-7,13-14H,8-10H2,1-4H3. The zero-order chi connectivity index (χ0) is 11.3. The van der Waals surface area contributed by atoms with E-state index in [0.717, 1.165) is 19.6 Å². The minimum absolute atomic E-state index is 0.316. The Morgan fingerprint density at radius 2 is 2.13 bits per heavy atom. The van der Waals surface area contributed by atoms with Crippen molar-refractivity contribution in [2.24, 2.45) is 5.41 Å². The molecular formula is C12H23N3. The summed E-state index contributed by atoms with van der Waals surface area (Å²) in [6.45, 7) is 7.63. The first-order valence-corrected chi connectivity index (χ1v) is 5.47. The van der Waals surface area contributed by atoms with Crippen molar-refractivity contribution in [1.82, 2.24) is 15.2 Å². The van der Waals surface area contributed by atoms with E-state index < -0.39 is 0 Å². The third-order valence-corrected chi connectivity index (χ3v) is 2.33. The molecule has 0 spiro atoms. The van der Waals surface area contributed by atoms with Crippen LogP contribution >= 0.6 is 0 Å². The fourth-order valence-electron chi connectivity index (χ4n) is 1.93. The van der Waals surface area contributed by atoms with Crippen LogP contribution in [-0.2, 0) is 6.54 Å². The maximum atomic E-state index is 3.48. The van der Waals surface area contributed by atoms with Gasteiger partial charge in [-0.1, -0.05) is 13.8 Å². The number of nitrogens with zero attached hydrogens (tertiary/aromatic N) is 1. The lowest BCUT2D eigenvalue weighted by molar-refractivity contribution is 0.232. The monoisotopic (exact) mass is 209 g/mol. The van der Waals surface area contributed by atoms with E-state index in [2.05, 4.69) is 49.2 Å². The van der Waals surface area contributed by atoms with Crippen LogP contribution in [0.4, 0.5) is 0 Å². The van der Waals surface area contributed by atoms with Gasteiger partial charge < -0.3 is 15.2 Å². The second-order valence-corrected chi connectivity index (χ2v) is 5.20. The zero-order valence-corrected chi connectivity index (χ0v) is 10.3. The van der Waals surface area contributed by atoms with Crippen molar-refractivity contribution in [3.63, 3.8) is 0 Å². The summed E-state index contributed by atoms with van der Waals surface area (Å²) in [6.07, 6.45) is 1.96. The molecule has 0 saturated heterocycles. The van der Waals surface area contributed by atoms with E-state index in [1.165, 1.54) is 5.69 Å². The first kappa shape index (κ1) is 12.3. The number of hydrogen-bond acceptors (Lipinski definition) is 2. The average Bonchev–Trinajstić information content (AvgIpc) is 2.53. The molecule has 3 heteroatoms. The SMILES string of the molecule is CN(C)CC(C)(C)CNCc1ccc[nH]1. The van der Waals surface area contributed by atoms with Crippen LogP contribution in [0.25, 0.3) is 0 Å². The Morgan fingerprint density at radius 1 is 1.40 bits per heavy atom. The summed E-state index contributed by atoms with van der Waals surface area (Å²) in [6, 6.07) is 4.13. The molecule has 0 bridgehead atoms. The van der Waals surface area contributed by atoms with Gasteiger partial charge in [-0.3, -0.25) is 0 Å². The molecule has 1 aromatic rings. The molecular weight excluding hydrogens is 186 g/mol. The van der Waals surface area contributed by atoms with Crippen molar-refractivity contribution >= 4 is 0 Å². The Balaban J connectivity index is 2.24. The molecule has 0 aliphatic carbocycles. The molecule has 0 saturated carbocycles. The summed E-state index contributed by atoms with van der Waals surface area (Å²) in [5, 5.41) is 3.48. The van der Waals surface area contributed by atoms with Gasteiger partial charge in [0.1, 0.15) is 0 Å². The van der Waals surface area contributed by atoms with Crippen molar-refractivity contribution in [3.8, 4) is 0 Å². The number of nitrogens with one attached hydrogen (secondary N) is 2. The minimum Gasteiger partial charge on any atom is -0.364 e. The third-order valence-electron chi connectivity index (χ3n) is 2.33. The van der Waals surface area contributed by atoms with Gasteiger partial charge in [0.25, 0.3) is 0 Å². The molecule has 2 N–H and O–H groups in total. The summed E-state index contributed by atoms with van der Waals surface area (Å²) < 4.78 is 0. The molecule has 86 valence electrons. The first-order chi connectivity index (χ1) is 6.99. The van der Waals surface area contributed by atoms with Crippen molar-refractivity contribution in [3.05, 3.63) is 24.0 Å². The summed E-state index contributed by atoms with van der Waals surface area (Å²) in [5.41, 5.74) is 1.56. The second kappa shape index (κ2) is 5.33. The lowest BCUT2D eigenvalue weighted by Gasteiger charge is -2.28. The Labute approximate surface area is 92.9 Å². The van der Waals surface area contributed by atoms with Crippen LogP contribution in [0.3, 0.4) is 0 Å². The predicted octanol–water partition coefficient (Wildman–Crippen LogP) is 1.69. The molecule has 0 unspecified atom stereocenters. The van der Waals surface area contributed by atoms with E-state index in [-0.39, 0.29) is 0 Å². The molecule has 1 aromatic heterocycles. The van der Waals surface area contributed by atoms with Gasteiger partial charge in [-0.25, -0.2) is 0 Å². The second-order valence-electron chi connectivity index (χ2n) is 5.20. The quantitative estimate of drug-likeness (QED) is 0.747. The van der Waals surface area contributed by atoms with Gasteiger partial charge in [0, 0.05) is 31.5 Å². The smallest absolute Gasteiger partial charge is 0.0357 e. The normalized spacial score (nSPS) is 12.3. The molecule has 0 atom stereocenters. The Bertz CT molecular complexity index is 262. The molecule has 1 rings (SSSR count). The van der Waals surface area contributed by atoms with Crippen molar-refractivity contribution < 1.29 is 0 Å². The number of aromatic nitrogens is 1. The van der Waals surface area contributed by atoms with E-state index in [9.17, 15) is 0 Å². The number of hydrogen-bond donors (Lipinski definition) is 2. The van der Waals surface area contributed by atoms with Crippen LogP contribution in [0.15, 0.2) is 18.3 Å². The fraction of sp³-hybridized carbons (Fsp3) is 0.667. The zero-order valence-electron chi connectivity index (χ0n) is 10.3. The molecule has 0 aromatic carbocycles. The summed E-state index contributed by atoms with van der Waals surface area (Å²) in [5.74, 6) is 0. The molecule has 0 radical (unpaired) electrons. The van der Waals surface area contributed by atoms with Crippen LogP contribution in [-0.4, -0.2) is 37.1 Å². The van der Waals surface area contributed by atoms with E-state index in [1.807, 2.05) is 12.3 Å². The van der Waals surface area contributed by atoms with E-state index >= 15 is 0 Å². The molecule has 0 amide bonds. The number of H-pyrrole nitrogens is 1. The molecule has 0 aliphatic rings. The highest BCUT2D eigenvalue weighted by Gasteiger charge is 2.17. The van der Waals surface area contributed by atoms with Crippen LogP contribution in [0, 0.1) is 5.41 Å². The Morgan fingerprint density at radius 3 is 2.67 bits per heavy atom. The molecule has 3 nitrogen and oxygen atoms in total. The van der Waals surface area contributed by atoms with Crippen LogP contribution in [0.1, 0.15) is 19.5 Å². The maximum absolute atomic E-state index is 3.48. The van der Waals surface area contributed by atoms with Gasteiger partial charge in [0.05, 0.1) is 0 Å². The highest BCUT2D eigenvalue weighted by Crippen LogP contribution is 2.14. The lowest BCUT2D eigenvalue weighted by Crippen LogP contribution is -2.37. The van der Waals surface area contributed by atoms with Crippen molar-refractivity contribution in [2.45, 2.75) is 20.4 Å². The van der Waals surface area contributed by atoms with Gasteiger partial charge >= 0.3 is 0 Å². The Kier molecular flexibility index (Phi) is 4.36. The fourth-order valence-corrected chi connectivity index (χ4v) is 1.93. The van der Waals surface area contributed by atoms with E-state index in [0.29, 0.717) is 5.41 Å². The number of aromatic amines is 1. The maximum Gasteiger partial charge on any atom is 0.0357 e. The summed E-state index contributed by atoms with van der Waals surface area (Å²) in [7, 11) is 4.24. The van der Waals surface area contributed by atoms with Gasteiger partial charge in [-0.15, -0.1) is 0 Å². The average molecular weight is 209 g/mol. The predicted molar refractivity (Wildman–Crippen MR) is 64.8 cm³/mol. The lowest BCUT2D eigenvalue weighted by atomic mass is 9.93. The largest absolute Gasteiger partial charge is 0.364 e.